The standard InChI is InChI=1S/C12H15N3O4S/c1-7-4-15-8(5-20-11(15)14-7)3-9(16)13-6-12(2,19)10(17)18/h4-5,19H,3,6H2,1-2H3,(H,13,16)(H,17,18). The third-order valence-corrected chi connectivity index (χ3v) is 3.72. The van der Waals surface area contributed by atoms with Crippen molar-refractivity contribution in [1.82, 2.24) is 14.7 Å². The number of amides is 1. The molecule has 2 rings (SSSR count). The van der Waals surface area contributed by atoms with Gasteiger partial charge in [-0.2, -0.15) is 0 Å². The Hall–Kier alpha value is -1.93. The van der Waals surface area contributed by atoms with Gasteiger partial charge in [0.15, 0.2) is 10.6 Å². The predicted molar refractivity (Wildman–Crippen MR) is 72.8 cm³/mol. The van der Waals surface area contributed by atoms with Crippen molar-refractivity contribution in [2.45, 2.75) is 25.9 Å². The highest BCUT2D eigenvalue weighted by atomic mass is 32.1. The molecule has 0 spiro atoms. The molecule has 8 heteroatoms. The fraction of sp³-hybridized carbons (Fsp3) is 0.417. The molecule has 1 unspecified atom stereocenters. The number of aliphatic hydroxyl groups is 1. The van der Waals surface area contributed by atoms with E-state index in [9.17, 15) is 14.7 Å². The van der Waals surface area contributed by atoms with E-state index in [-0.39, 0.29) is 18.9 Å². The zero-order chi connectivity index (χ0) is 14.9. The molecule has 0 fully saturated rings. The van der Waals surface area contributed by atoms with Crippen molar-refractivity contribution in [2.75, 3.05) is 6.54 Å². The SMILES string of the molecule is Cc1cn2c(CC(=O)NCC(C)(O)C(=O)O)csc2n1. The Bertz CT molecular complexity index is 659. The minimum atomic E-state index is -1.97. The maximum absolute atomic E-state index is 11.8. The van der Waals surface area contributed by atoms with Crippen LogP contribution in [-0.2, 0) is 16.0 Å². The molecule has 7 nitrogen and oxygen atoms in total. The van der Waals surface area contributed by atoms with E-state index in [1.54, 1.807) is 0 Å². The zero-order valence-electron chi connectivity index (χ0n) is 11.1. The zero-order valence-corrected chi connectivity index (χ0v) is 11.9. The number of thiazole rings is 1. The number of aryl methyl sites for hydroxylation is 1. The van der Waals surface area contributed by atoms with Gasteiger partial charge in [-0.25, -0.2) is 9.78 Å². The second-order valence-electron chi connectivity index (χ2n) is 4.79. The molecule has 1 atom stereocenters. The van der Waals surface area contributed by atoms with Gasteiger partial charge < -0.3 is 15.5 Å². The first-order valence-corrected chi connectivity index (χ1v) is 6.82. The van der Waals surface area contributed by atoms with E-state index < -0.39 is 11.6 Å². The summed E-state index contributed by atoms with van der Waals surface area (Å²) in [5.41, 5.74) is -0.323. The number of nitrogens with zero attached hydrogens (tertiary/aromatic N) is 2. The largest absolute Gasteiger partial charge is 0.479 e. The highest BCUT2D eigenvalue weighted by Crippen LogP contribution is 2.16. The minimum absolute atomic E-state index is 0.103. The van der Waals surface area contributed by atoms with Crippen LogP contribution in [0, 0.1) is 6.92 Å². The van der Waals surface area contributed by atoms with Crippen LogP contribution in [0.25, 0.3) is 4.96 Å². The summed E-state index contributed by atoms with van der Waals surface area (Å²) in [5, 5.41) is 22.5. The summed E-state index contributed by atoms with van der Waals surface area (Å²) in [4.78, 5) is 27.6. The average Bonchev–Trinajstić information content (AvgIpc) is 2.87. The summed E-state index contributed by atoms with van der Waals surface area (Å²) in [6, 6.07) is 0. The third-order valence-electron chi connectivity index (χ3n) is 2.84. The Morgan fingerprint density at radius 1 is 1.55 bits per heavy atom. The average molecular weight is 297 g/mol. The number of nitrogens with one attached hydrogen (secondary N) is 1. The van der Waals surface area contributed by atoms with Crippen molar-refractivity contribution >= 4 is 28.2 Å². The molecule has 20 heavy (non-hydrogen) atoms. The number of hydrogen-bond acceptors (Lipinski definition) is 5. The summed E-state index contributed by atoms with van der Waals surface area (Å²) >= 11 is 1.43. The molecule has 0 aliphatic heterocycles. The van der Waals surface area contributed by atoms with Crippen LogP contribution in [0.5, 0.6) is 0 Å². The highest BCUT2D eigenvalue weighted by molar-refractivity contribution is 7.15. The monoisotopic (exact) mass is 297 g/mol. The second kappa shape index (κ2) is 5.22. The van der Waals surface area contributed by atoms with Gasteiger partial charge in [-0.15, -0.1) is 11.3 Å². The van der Waals surface area contributed by atoms with Crippen molar-refractivity contribution in [3.8, 4) is 0 Å². The van der Waals surface area contributed by atoms with Gasteiger partial charge in [-0.1, -0.05) is 0 Å². The Morgan fingerprint density at radius 2 is 2.25 bits per heavy atom. The van der Waals surface area contributed by atoms with E-state index in [2.05, 4.69) is 10.3 Å². The summed E-state index contributed by atoms with van der Waals surface area (Å²) in [6.07, 6.45) is 1.94. The van der Waals surface area contributed by atoms with E-state index >= 15 is 0 Å². The van der Waals surface area contributed by atoms with Crippen LogP contribution < -0.4 is 5.32 Å². The predicted octanol–water partition coefficient (Wildman–Crippen LogP) is 0.199. The fourth-order valence-electron chi connectivity index (χ4n) is 1.64. The molecule has 0 saturated carbocycles. The number of carbonyl (C=O) groups is 2. The van der Waals surface area contributed by atoms with Gasteiger partial charge in [0.25, 0.3) is 0 Å². The fourth-order valence-corrected chi connectivity index (χ4v) is 2.56. The van der Waals surface area contributed by atoms with E-state index in [1.807, 2.05) is 22.9 Å². The van der Waals surface area contributed by atoms with Crippen LogP contribution in [0.4, 0.5) is 0 Å². The van der Waals surface area contributed by atoms with E-state index in [0.717, 1.165) is 23.3 Å². The number of carbonyl (C=O) groups excluding carboxylic acids is 1. The van der Waals surface area contributed by atoms with Gasteiger partial charge >= 0.3 is 5.97 Å². The van der Waals surface area contributed by atoms with E-state index in [4.69, 9.17) is 5.11 Å². The van der Waals surface area contributed by atoms with E-state index in [0.29, 0.717) is 0 Å². The lowest BCUT2D eigenvalue weighted by Crippen LogP contribution is -2.46. The van der Waals surface area contributed by atoms with Gasteiger partial charge in [0.1, 0.15) is 0 Å². The van der Waals surface area contributed by atoms with Crippen molar-refractivity contribution < 1.29 is 19.8 Å². The summed E-state index contributed by atoms with van der Waals surface area (Å²) in [6.45, 7) is 2.67. The molecule has 0 aliphatic rings. The van der Waals surface area contributed by atoms with Crippen LogP contribution in [0.1, 0.15) is 18.3 Å². The van der Waals surface area contributed by atoms with Crippen LogP contribution in [0.15, 0.2) is 11.6 Å². The molecule has 1 amide bonds. The molecule has 108 valence electrons. The summed E-state index contributed by atoms with van der Waals surface area (Å²) < 4.78 is 1.83. The van der Waals surface area contributed by atoms with Gasteiger partial charge in [0.05, 0.1) is 18.7 Å². The number of fused-ring (bicyclic) bond motifs is 1. The molecule has 0 bridgehead atoms. The molecule has 0 radical (unpaired) electrons. The smallest absolute Gasteiger partial charge is 0.337 e. The topological polar surface area (TPSA) is 104 Å². The maximum Gasteiger partial charge on any atom is 0.337 e. The maximum atomic E-state index is 11.8. The lowest BCUT2D eigenvalue weighted by Gasteiger charge is -2.18. The third kappa shape index (κ3) is 2.97. The normalized spacial score (nSPS) is 14.2. The van der Waals surface area contributed by atoms with E-state index in [1.165, 1.54) is 11.3 Å². The quantitative estimate of drug-likeness (QED) is 0.731. The Morgan fingerprint density at radius 3 is 2.90 bits per heavy atom. The molecule has 2 heterocycles. The van der Waals surface area contributed by atoms with Crippen LogP contribution in [0.2, 0.25) is 0 Å². The van der Waals surface area contributed by atoms with Crippen molar-refractivity contribution in [3.05, 3.63) is 23.0 Å². The Kier molecular flexibility index (Phi) is 3.78. The van der Waals surface area contributed by atoms with Crippen LogP contribution >= 0.6 is 11.3 Å². The molecule has 0 aliphatic carbocycles. The number of rotatable bonds is 5. The van der Waals surface area contributed by atoms with Crippen molar-refractivity contribution in [2.24, 2.45) is 0 Å². The van der Waals surface area contributed by atoms with Crippen LogP contribution in [0.3, 0.4) is 0 Å². The molecule has 2 aromatic heterocycles. The first kappa shape index (κ1) is 14.5. The first-order chi connectivity index (χ1) is 9.29. The molecular formula is C12H15N3O4S. The number of aromatic nitrogens is 2. The van der Waals surface area contributed by atoms with Crippen LogP contribution in [-0.4, -0.2) is 43.6 Å². The highest BCUT2D eigenvalue weighted by Gasteiger charge is 2.30. The van der Waals surface area contributed by atoms with Crippen molar-refractivity contribution in [1.29, 1.82) is 0 Å². The van der Waals surface area contributed by atoms with Gasteiger partial charge in [-0.05, 0) is 13.8 Å². The molecular weight excluding hydrogens is 282 g/mol. The van der Waals surface area contributed by atoms with Gasteiger partial charge in [-0.3, -0.25) is 9.20 Å². The second-order valence-corrected chi connectivity index (χ2v) is 5.63. The molecule has 0 saturated heterocycles. The molecule has 2 aromatic rings. The number of carboxylic acid groups (broad SMARTS) is 1. The molecule has 3 N–H and O–H groups in total. The first-order valence-electron chi connectivity index (χ1n) is 5.94. The minimum Gasteiger partial charge on any atom is -0.479 e. The molecule has 0 aromatic carbocycles. The lowest BCUT2D eigenvalue weighted by molar-refractivity contribution is -0.156. The van der Waals surface area contributed by atoms with Gasteiger partial charge in [0, 0.05) is 17.3 Å². The summed E-state index contributed by atoms with van der Waals surface area (Å²) in [5.74, 6) is -1.72. The number of carboxylic acids is 1. The summed E-state index contributed by atoms with van der Waals surface area (Å²) in [7, 11) is 0. The number of imidazole rings is 1. The number of aliphatic carboxylic acids is 1. The Labute approximate surface area is 118 Å². The van der Waals surface area contributed by atoms with Gasteiger partial charge in [0.2, 0.25) is 5.91 Å². The lowest BCUT2D eigenvalue weighted by atomic mass is 10.1. The Balaban J connectivity index is 2.00. The van der Waals surface area contributed by atoms with Crippen molar-refractivity contribution in [3.63, 3.8) is 0 Å². The number of hydrogen-bond donors (Lipinski definition) is 3.